The second-order valence-electron chi connectivity index (χ2n) is 4.69. The zero-order chi connectivity index (χ0) is 15.2. The van der Waals surface area contributed by atoms with E-state index in [0.717, 1.165) is 18.7 Å². The maximum atomic E-state index is 12.1. The highest BCUT2D eigenvalue weighted by Gasteiger charge is 2.17. The normalized spacial score (nSPS) is 14.9. The van der Waals surface area contributed by atoms with Crippen molar-refractivity contribution >= 4 is 20.8 Å². The van der Waals surface area contributed by atoms with Crippen molar-refractivity contribution in [2.45, 2.75) is 31.3 Å². The van der Waals surface area contributed by atoms with Crippen LogP contribution in [0.2, 0.25) is 0 Å². The largest absolute Gasteiger partial charge is 0.313 e. The molecule has 1 rings (SSSR count). The van der Waals surface area contributed by atoms with Gasteiger partial charge in [-0.3, -0.25) is 4.21 Å². The first-order valence-corrected chi connectivity index (χ1v) is 9.68. The van der Waals surface area contributed by atoms with E-state index in [9.17, 15) is 12.6 Å². The van der Waals surface area contributed by atoms with Crippen LogP contribution in [0.1, 0.15) is 19.4 Å². The molecule has 7 heteroatoms. The summed E-state index contributed by atoms with van der Waals surface area (Å²) in [6, 6.07) is 6.40. The standard InChI is InChI=1S/C13H22N2O3S2/c1-4-14-9-12-5-7-13(8-6-12)20(17,18)15-11(2)10-19(3)16/h5-8,11,14-15H,4,9-10H2,1-3H3. The molecule has 0 saturated carbocycles. The van der Waals surface area contributed by atoms with Gasteiger partial charge in [-0.05, 0) is 31.2 Å². The van der Waals surface area contributed by atoms with Crippen molar-refractivity contribution in [2.24, 2.45) is 0 Å². The Morgan fingerprint density at radius 2 is 1.85 bits per heavy atom. The molecule has 0 aromatic heterocycles. The van der Waals surface area contributed by atoms with E-state index in [1.54, 1.807) is 37.4 Å². The molecule has 0 radical (unpaired) electrons. The molecule has 2 N–H and O–H groups in total. The fraction of sp³-hybridized carbons (Fsp3) is 0.538. The maximum Gasteiger partial charge on any atom is 0.240 e. The molecule has 0 bridgehead atoms. The van der Waals surface area contributed by atoms with Gasteiger partial charge in [0.2, 0.25) is 10.0 Å². The molecule has 2 atom stereocenters. The zero-order valence-corrected chi connectivity index (χ0v) is 13.7. The van der Waals surface area contributed by atoms with E-state index in [-0.39, 0.29) is 10.9 Å². The number of benzene rings is 1. The number of sulfonamides is 1. The van der Waals surface area contributed by atoms with Gasteiger partial charge in [-0.15, -0.1) is 0 Å². The predicted molar refractivity (Wildman–Crippen MR) is 82.5 cm³/mol. The second-order valence-corrected chi connectivity index (χ2v) is 7.88. The number of nitrogens with one attached hydrogen (secondary N) is 2. The molecule has 20 heavy (non-hydrogen) atoms. The summed E-state index contributed by atoms with van der Waals surface area (Å²) in [4.78, 5) is 0.228. The fourth-order valence-corrected chi connectivity index (χ4v) is 3.91. The molecule has 1 aromatic carbocycles. The van der Waals surface area contributed by atoms with Crippen LogP contribution in [0.25, 0.3) is 0 Å². The van der Waals surface area contributed by atoms with Gasteiger partial charge in [0.25, 0.3) is 0 Å². The summed E-state index contributed by atoms with van der Waals surface area (Å²) in [6.07, 6.45) is 1.56. The van der Waals surface area contributed by atoms with E-state index in [4.69, 9.17) is 0 Å². The fourth-order valence-electron chi connectivity index (χ4n) is 1.77. The van der Waals surface area contributed by atoms with E-state index in [0.29, 0.717) is 5.75 Å². The molecule has 0 fully saturated rings. The molecule has 2 unspecified atom stereocenters. The van der Waals surface area contributed by atoms with Gasteiger partial charge in [-0.1, -0.05) is 19.1 Å². The highest BCUT2D eigenvalue weighted by atomic mass is 32.2. The molecule has 0 heterocycles. The van der Waals surface area contributed by atoms with Crippen molar-refractivity contribution in [3.05, 3.63) is 29.8 Å². The lowest BCUT2D eigenvalue weighted by atomic mass is 10.2. The Labute approximate surface area is 123 Å². The Morgan fingerprint density at radius 3 is 2.35 bits per heavy atom. The van der Waals surface area contributed by atoms with Crippen molar-refractivity contribution in [2.75, 3.05) is 18.6 Å². The van der Waals surface area contributed by atoms with E-state index < -0.39 is 20.8 Å². The SMILES string of the molecule is CCNCc1ccc(S(=O)(=O)NC(C)CS(C)=O)cc1. The number of rotatable bonds is 8. The predicted octanol–water partition coefficient (Wildman–Crippen LogP) is 0.841. The van der Waals surface area contributed by atoms with Crippen molar-refractivity contribution < 1.29 is 12.6 Å². The summed E-state index contributed by atoms with van der Waals surface area (Å²) in [5, 5.41) is 3.18. The van der Waals surface area contributed by atoms with Crippen LogP contribution in [-0.4, -0.2) is 37.2 Å². The first-order chi connectivity index (χ1) is 9.35. The maximum absolute atomic E-state index is 12.1. The van der Waals surface area contributed by atoms with Crippen LogP contribution in [0, 0.1) is 0 Å². The van der Waals surface area contributed by atoms with Gasteiger partial charge < -0.3 is 5.32 Å². The van der Waals surface area contributed by atoms with Crippen LogP contribution >= 0.6 is 0 Å². The molecule has 0 aliphatic rings. The average molecular weight is 318 g/mol. The van der Waals surface area contributed by atoms with E-state index in [1.165, 1.54) is 0 Å². The minimum absolute atomic E-state index is 0.228. The molecular weight excluding hydrogens is 296 g/mol. The molecule has 0 aliphatic carbocycles. The van der Waals surface area contributed by atoms with Crippen LogP contribution < -0.4 is 10.0 Å². The zero-order valence-electron chi connectivity index (χ0n) is 12.0. The summed E-state index contributed by atoms with van der Waals surface area (Å²) >= 11 is 0. The summed E-state index contributed by atoms with van der Waals surface area (Å²) in [6.45, 7) is 5.31. The summed E-state index contributed by atoms with van der Waals surface area (Å²) < 4.78 is 37.9. The Morgan fingerprint density at radius 1 is 1.25 bits per heavy atom. The summed E-state index contributed by atoms with van der Waals surface area (Å²) in [5.74, 6) is 0.303. The lowest BCUT2D eigenvalue weighted by molar-refractivity contribution is 0.570. The third kappa shape index (κ3) is 5.70. The first kappa shape index (κ1) is 17.3. The van der Waals surface area contributed by atoms with E-state index in [1.807, 2.05) is 6.92 Å². The van der Waals surface area contributed by atoms with Gasteiger partial charge in [0, 0.05) is 35.4 Å². The lowest BCUT2D eigenvalue weighted by Gasteiger charge is -2.13. The highest BCUT2D eigenvalue weighted by molar-refractivity contribution is 7.89. The summed E-state index contributed by atoms with van der Waals surface area (Å²) in [5.41, 5.74) is 1.04. The molecule has 1 aromatic rings. The van der Waals surface area contributed by atoms with Crippen molar-refractivity contribution in [3.8, 4) is 0 Å². The van der Waals surface area contributed by atoms with Gasteiger partial charge in [0.1, 0.15) is 0 Å². The third-order valence-corrected chi connectivity index (χ3v) is 5.23. The summed E-state index contributed by atoms with van der Waals surface area (Å²) in [7, 11) is -4.58. The smallest absolute Gasteiger partial charge is 0.240 e. The Hall–Kier alpha value is -0.760. The molecule has 0 amide bonds. The van der Waals surface area contributed by atoms with Gasteiger partial charge in [0.15, 0.2) is 0 Å². The third-order valence-electron chi connectivity index (χ3n) is 2.65. The van der Waals surface area contributed by atoms with E-state index in [2.05, 4.69) is 10.0 Å². The minimum Gasteiger partial charge on any atom is -0.313 e. The minimum atomic E-state index is -3.55. The number of hydrogen-bond donors (Lipinski definition) is 2. The quantitative estimate of drug-likeness (QED) is 0.745. The lowest BCUT2D eigenvalue weighted by Crippen LogP contribution is -2.36. The number of hydrogen-bond acceptors (Lipinski definition) is 4. The monoisotopic (exact) mass is 318 g/mol. The van der Waals surface area contributed by atoms with Crippen LogP contribution in [0.4, 0.5) is 0 Å². The average Bonchev–Trinajstić information content (AvgIpc) is 2.35. The molecular formula is C13H22N2O3S2. The van der Waals surface area contributed by atoms with Crippen molar-refractivity contribution in [1.82, 2.24) is 10.0 Å². The van der Waals surface area contributed by atoms with Crippen LogP contribution in [0.15, 0.2) is 29.2 Å². The van der Waals surface area contributed by atoms with Gasteiger partial charge >= 0.3 is 0 Å². The molecule has 114 valence electrons. The van der Waals surface area contributed by atoms with Gasteiger partial charge in [-0.2, -0.15) is 0 Å². The second kappa shape index (κ2) is 7.87. The van der Waals surface area contributed by atoms with Crippen LogP contribution in [-0.2, 0) is 27.4 Å². The van der Waals surface area contributed by atoms with Crippen LogP contribution in [0.3, 0.4) is 0 Å². The van der Waals surface area contributed by atoms with Crippen molar-refractivity contribution in [3.63, 3.8) is 0 Å². The van der Waals surface area contributed by atoms with Gasteiger partial charge in [-0.25, -0.2) is 13.1 Å². The van der Waals surface area contributed by atoms with Gasteiger partial charge in [0.05, 0.1) is 4.90 Å². The molecule has 0 saturated heterocycles. The Bertz CT molecular complexity index is 541. The Balaban J connectivity index is 2.74. The topological polar surface area (TPSA) is 75.3 Å². The van der Waals surface area contributed by atoms with Crippen LogP contribution in [0.5, 0.6) is 0 Å². The Kier molecular flexibility index (Phi) is 6.81. The molecule has 0 aliphatic heterocycles. The molecule has 5 nitrogen and oxygen atoms in total. The van der Waals surface area contributed by atoms with E-state index >= 15 is 0 Å². The first-order valence-electron chi connectivity index (χ1n) is 6.47. The molecule has 0 spiro atoms. The highest BCUT2D eigenvalue weighted by Crippen LogP contribution is 2.11. The van der Waals surface area contributed by atoms with Crippen molar-refractivity contribution in [1.29, 1.82) is 0 Å².